The standard InChI is InChI=1S/C20H21ClN4O2/c1-4-24(5-2)20(27)17-16-11-6-7-12-25(16)18(23-17)19(26)22-15-10-8-9-14(21)13(15)3/h6-12H,4-5H2,1-3H3,(H,22,26). The molecule has 0 saturated heterocycles. The minimum atomic E-state index is -0.403. The van der Waals surface area contributed by atoms with E-state index < -0.39 is 5.91 Å². The van der Waals surface area contributed by atoms with Crippen LogP contribution in [0, 0.1) is 6.92 Å². The van der Waals surface area contributed by atoms with Crippen LogP contribution in [0.2, 0.25) is 5.02 Å². The summed E-state index contributed by atoms with van der Waals surface area (Å²) in [6.45, 7) is 6.80. The Balaban J connectivity index is 2.03. The molecular weight excluding hydrogens is 364 g/mol. The van der Waals surface area contributed by atoms with Crippen molar-refractivity contribution >= 4 is 34.6 Å². The van der Waals surface area contributed by atoms with Gasteiger partial charge in [-0.05, 0) is 50.6 Å². The van der Waals surface area contributed by atoms with Crippen molar-refractivity contribution in [1.29, 1.82) is 0 Å². The Bertz CT molecular complexity index is 1010. The maximum atomic E-state index is 12.9. The third kappa shape index (κ3) is 3.53. The highest BCUT2D eigenvalue weighted by atomic mass is 35.5. The largest absolute Gasteiger partial charge is 0.338 e. The summed E-state index contributed by atoms with van der Waals surface area (Å²) in [7, 11) is 0. The first-order valence-electron chi connectivity index (χ1n) is 8.80. The lowest BCUT2D eigenvalue weighted by Gasteiger charge is -2.17. The van der Waals surface area contributed by atoms with E-state index in [9.17, 15) is 9.59 Å². The first kappa shape index (κ1) is 18.9. The topological polar surface area (TPSA) is 66.7 Å². The first-order chi connectivity index (χ1) is 13.0. The van der Waals surface area contributed by atoms with Gasteiger partial charge in [-0.1, -0.05) is 23.7 Å². The summed E-state index contributed by atoms with van der Waals surface area (Å²) in [6.07, 6.45) is 1.72. The van der Waals surface area contributed by atoms with E-state index in [-0.39, 0.29) is 17.4 Å². The van der Waals surface area contributed by atoms with Gasteiger partial charge in [-0.3, -0.25) is 14.0 Å². The summed E-state index contributed by atoms with van der Waals surface area (Å²) in [4.78, 5) is 31.7. The third-order valence-electron chi connectivity index (χ3n) is 4.52. The summed E-state index contributed by atoms with van der Waals surface area (Å²) in [5.41, 5.74) is 2.25. The number of aromatic nitrogens is 2. The number of nitrogens with one attached hydrogen (secondary N) is 1. The molecule has 0 radical (unpaired) electrons. The fourth-order valence-corrected chi connectivity index (χ4v) is 3.11. The maximum absolute atomic E-state index is 12.9. The van der Waals surface area contributed by atoms with Crippen molar-refractivity contribution in [2.24, 2.45) is 0 Å². The molecule has 0 aliphatic rings. The van der Waals surface area contributed by atoms with Crippen LogP contribution in [-0.2, 0) is 0 Å². The maximum Gasteiger partial charge on any atom is 0.292 e. The zero-order chi connectivity index (χ0) is 19.6. The number of carbonyl (C=O) groups excluding carboxylic acids is 2. The number of anilines is 1. The zero-order valence-corrected chi connectivity index (χ0v) is 16.2. The van der Waals surface area contributed by atoms with Crippen molar-refractivity contribution in [3.05, 3.63) is 64.7 Å². The highest BCUT2D eigenvalue weighted by Gasteiger charge is 2.24. The molecular formula is C20H21ClN4O2. The molecule has 3 aromatic rings. The van der Waals surface area contributed by atoms with Crippen LogP contribution in [0.3, 0.4) is 0 Å². The van der Waals surface area contributed by atoms with Crippen LogP contribution in [0.15, 0.2) is 42.6 Å². The molecule has 2 aromatic heterocycles. The molecule has 140 valence electrons. The normalized spacial score (nSPS) is 10.8. The quantitative estimate of drug-likeness (QED) is 0.722. The van der Waals surface area contributed by atoms with E-state index in [2.05, 4.69) is 10.3 Å². The molecule has 0 saturated carbocycles. The average Bonchev–Trinajstić information content (AvgIpc) is 3.06. The molecule has 2 heterocycles. The van der Waals surface area contributed by atoms with Gasteiger partial charge in [0.05, 0.1) is 5.52 Å². The zero-order valence-electron chi connectivity index (χ0n) is 15.5. The highest BCUT2D eigenvalue weighted by Crippen LogP contribution is 2.24. The van der Waals surface area contributed by atoms with Gasteiger partial charge in [-0.15, -0.1) is 0 Å². The van der Waals surface area contributed by atoms with Crippen molar-refractivity contribution in [1.82, 2.24) is 14.3 Å². The van der Waals surface area contributed by atoms with Gasteiger partial charge >= 0.3 is 0 Å². The van der Waals surface area contributed by atoms with Gasteiger partial charge in [-0.25, -0.2) is 4.98 Å². The lowest BCUT2D eigenvalue weighted by Crippen LogP contribution is -2.31. The van der Waals surface area contributed by atoms with Crippen molar-refractivity contribution < 1.29 is 9.59 Å². The summed E-state index contributed by atoms with van der Waals surface area (Å²) in [6, 6.07) is 10.7. The molecule has 3 rings (SSSR count). The number of hydrogen-bond acceptors (Lipinski definition) is 3. The molecule has 1 N–H and O–H groups in total. The Labute approximate surface area is 162 Å². The second-order valence-electron chi connectivity index (χ2n) is 6.08. The Morgan fingerprint density at radius 2 is 1.89 bits per heavy atom. The Kier molecular flexibility index (Phi) is 5.46. The third-order valence-corrected chi connectivity index (χ3v) is 4.93. The van der Waals surface area contributed by atoms with Crippen LogP contribution in [-0.4, -0.2) is 39.2 Å². The number of halogens is 1. The van der Waals surface area contributed by atoms with E-state index in [0.717, 1.165) is 5.56 Å². The van der Waals surface area contributed by atoms with Crippen molar-refractivity contribution in [2.75, 3.05) is 18.4 Å². The molecule has 0 aliphatic heterocycles. The molecule has 7 heteroatoms. The molecule has 0 aliphatic carbocycles. The number of amides is 2. The van der Waals surface area contributed by atoms with E-state index in [1.165, 1.54) is 0 Å². The van der Waals surface area contributed by atoms with Gasteiger partial charge in [0.25, 0.3) is 11.8 Å². The van der Waals surface area contributed by atoms with E-state index in [0.29, 0.717) is 29.3 Å². The Morgan fingerprint density at radius 1 is 1.15 bits per heavy atom. The number of pyridine rings is 1. The monoisotopic (exact) mass is 384 g/mol. The van der Waals surface area contributed by atoms with Gasteiger partial charge in [0.15, 0.2) is 5.69 Å². The minimum absolute atomic E-state index is 0.153. The predicted octanol–water partition coefficient (Wildman–Crippen LogP) is 4.03. The second-order valence-corrected chi connectivity index (χ2v) is 6.49. The summed E-state index contributed by atoms with van der Waals surface area (Å²) < 4.78 is 1.63. The lowest BCUT2D eigenvalue weighted by molar-refractivity contribution is 0.0769. The van der Waals surface area contributed by atoms with Crippen LogP contribution in [0.5, 0.6) is 0 Å². The van der Waals surface area contributed by atoms with Gasteiger partial charge in [0.2, 0.25) is 5.82 Å². The number of hydrogen-bond donors (Lipinski definition) is 1. The highest BCUT2D eigenvalue weighted by molar-refractivity contribution is 6.31. The fourth-order valence-electron chi connectivity index (χ4n) is 2.94. The Hall–Kier alpha value is -2.86. The number of fused-ring (bicyclic) bond motifs is 1. The molecule has 0 atom stereocenters. The first-order valence-corrected chi connectivity index (χ1v) is 9.18. The summed E-state index contributed by atoms with van der Waals surface area (Å²) in [5, 5.41) is 3.41. The Morgan fingerprint density at radius 3 is 2.59 bits per heavy atom. The van der Waals surface area contributed by atoms with E-state index in [4.69, 9.17) is 11.6 Å². The molecule has 0 bridgehead atoms. The molecule has 0 fully saturated rings. The predicted molar refractivity (Wildman–Crippen MR) is 107 cm³/mol. The van der Waals surface area contributed by atoms with E-state index in [1.807, 2.05) is 26.8 Å². The van der Waals surface area contributed by atoms with Crippen LogP contribution in [0.4, 0.5) is 5.69 Å². The second kappa shape index (κ2) is 7.80. The minimum Gasteiger partial charge on any atom is -0.338 e. The average molecular weight is 385 g/mol. The molecule has 0 unspecified atom stereocenters. The van der Waals surface area contributed by atoms with Crippen molar-refractivity contribution in [2.45, 2.75) is 20.8 Å². The summed E-state index contributed by atoms with van der Waals surface area (Å²) >= 11 is 6.13. The van der Waals surface area contributed by atoms with Gasteiger partial charge in [0, 0.05) is 30.0 Å². The SMILES string of the molecule is CCN(CC)C(=O)c1nc(C(=O)Nc2cccc(Cl)c2C)n2ccccc12. The number of nitrogens with zero attached hydrogens (tertiary/aromatic N) is 3. The summed E-state index contributed by atoms with van der Waals surface area (Å²) in [5.74, 6) is -0.442. The number of benzene rings is 1. The molecule has 1 aromatic carbocycles. The van der Waals surface area contributed by atoms with Gasteiger partial charge < -0.3 is 10.2 Å². The van der Waals surface area contributed by atoms with E-state index in [1.54, 1.807) is 45.8 Å². The number of carbonyl (C=O) groups is 2. The smallest absolute Gasteiger partial charge is 0.292 e. The van der Waals surface area contributed by atoms with Crippen LogP contribution < -0.4 is 5.32 Å². The lowest BCUT2D eigenvalue weighted by atomic mass is 10.2. The van der Waals surface area contributed by atoms with Crippen molar-refractivity contribution in [3.8, 4) is 0 Å². The van der Waals surface area contributed by atoms with Crippen LogP contribution in [0.1, 0.15) is 40.5 Å². The van der Waals surface area contributed by atoms with Crippen LogP contribution in [0.25, 0.3) is 5.52 Å². The van der Waals surface area contributed by atoms with Gasteiger partial charge in [-0.2, -0.15) is 0 Å². The van der Waals surface area contributed by atoms with Gasteiger partial charge in [0.1, 0.15) is 0 Å². The van der Waals surface area contributed by atoms with Crippen molar-refractivity contribution in [3.63, 3.8) is 0 Å². The number of rotatable bonds is 5. The van der Waals surface area contributed by atoms with E-state index >= 15 is 0 Å². The molecule has 27 heavy (non-hydrogen) atoms. The number of imidazole rings is 1. The van der Waals surface area contributed by atoms with Crippen LogP contribution >= 0.6 is 11.6 Å². The molecule has 0 spiro atoms. The fraction of sp³-hybridized carbons (Fsp3) is 0.250. The molecule has 6 nitrogen and oxygen atoms in total. The molecule has 2 amide bonds.